The van der Waals surface area contributed by atoms with Crippen molar-refractivity contribution in [1.82, 2.24) is 4.57 Å². The number of aromatic nitrogens is 1. The molecule has 132 valence electrons. The largest absolute Gasteiger partial charge is 0.506 e. The van der Waals surface area contributed by atoms with Crippen molar-refractivity contribution < 1.29 is 9.90 Å². The zero-order valence-corrected chi connectivity index (χ0v) is 15.2. The number of benzene rings is 2. The Hall–Kier alpha value is -2.73. The van der Waals surface area contributed by atoms with E-state index in [1.807, 2.05) is 31.2 Å². The first-order valence-corrected chi connectivity index (χ1v) is 9.24. The summed E-state index contributed by atoms with van der Waals surface area (Å²) in [4.78, 5) is 27.0. The summed E-state index contributed by atoms with van der Waals surface area (Å²) in [5.41, 5.74) is 0.957. The molecule has 0 bridgehead atoms. The smallest absolute Gasteiger partial charge is 0.265 e. The molecule has 1 aromatic heterocycles. The van der Waals surface area contributed by atoms with Crippen molar-refractivity contribution in [3.63, 3.8) is 0 Å². The highest BCUT2D eigenvalue weighted by Gasteiger charge is 2.35. The molecule has 3 aromatic rings. The molecule has 26 heavy (non-hydrogen) atoms. The summed E-state index contributed by atoms with van der Waals surface area (Å²) < 4.78 is 1.42. The van der Waals surface area contributed by atoms with Gasteiger partial charge in [-0.15, -0.1) is 11.8 Å². The summed E-state index contributed by atoms with van der Waals surface area (Å²) >= 11 is 1.43. The second-order valence-corrected chi connectivity index (χ2v) is 7.62. The number of Topliss-reactive ketones (excluding diaryl/α,β-unsaturated/α-hetero) is 1. The molecule has 0 aliphatic carbocycles. The zero-order valence-electron chi connectivity index (χ0n) is 14.4. The molecule has 2 atom stereocenters. The molecule has 0 unspecified atom stereocenters. The first kappa shape index (κ1) is 16.7. The van der Waals surface area contributed by atoms with Crippen molar-refractivity contribution in [2.75, 3.05) is 5.32 Å². The minimum absolute atomic E-state index is 0.142. The van der Waals surface area contributed by atoms with E-state index in [9.17, 15) is 14.7 Å². The van der Waals surface area contributed by atoms with Gasteiger partial charge in [-0.05, 0) is 31.2 Å². The highest BCUT2D eigenvalue weighted by atomic mass is 32.2. The van der Waals surface area contributed by atoms with Crippen molar-refractivity contribution in [3.05, 3.63) is 64.4 Å². The molecule has 0 amide bonds. The minimum Gasteiger partial charge on any atom is -0.506 e. The van der Waals surface area contributed by atoms with Gasteiger partial charge in [-0.2, -0.15) is 0 Å². The number of thioether (sulfide) groups is 1. The van der Waals surface area contributed by atoms with Crippen molar-refractivity contribution in [1.29, 1.82) is 0 Å². The Morgan fingerprint density at radius 1 is 1.15 bits per heavy atom. The summed E-state index contributed by atoms with van der Waals surface area (Å²) in [5, 5.41) is 14.0. The number of rotatable bonds is 2. The van der Waals surface area contributed by atoms with Crippen LogP contribution in [0.3, 0.4) is 0 Å². The molecule has 0 saturated heterocycles. The molecular formula is C20H18N2O3S. The number of carbonyl (C=O) groups is 1. The van der Waals surface area contributed by atoms with Crippen molar-refractivity contribution >= 4 is 34.1 Å². The van der Waals surface area contributed by atoms with Crippen LogP contribution < -0.4 is 10.9 Å². The van der Waals surface area contributed by atoms with E-state index in [1.54, 1.807) is 31.3 Å². The minimum atomic E-state index is -0.496. The Labute approximate surface area is 154 Å². The predicted molar refractivity (Wildman–Crippen MR) is 104 cm³/mol. The highest BCUT2D eigenvalue weighted by molar-refractivity contribution is 8.01. The van der Waals surface area contributed by atoms with Crippen molar-refractivity contribution in [2.45, 2.75) is 23.1 Å². The van der Waals surface area contributed by atoms with Crippen LogP contribution in [-0.4, -0.2) is 26.7 Å². The number of hydrogen-bond acceptors (Lipinski definition) is 5. The topological polar surface area (TPSA) is 71.3 Å². The van der Waals surface area contributed by atoms with Gasteiger partial charge in [0.1, 0.15) is 11.3 Å². The van der Waals surface area contributed by atoms with Crippen LogP contribution in [0, 0.1) is 0 Å². The predicted octanol–water partition coefficient (Wildman–Crippen LogP) is 3.40. The van der Waals surface area contributed by atoms with Crippen molar-refractivity contribution in [3.8, 4) is 5.75 Å². The quantitative estimate of drug-likeness (QED) is 0.680. The third-order valence-electron chi connectivity index (χ3n) is 4.76. The van der Waals surface area contributed by atoms with E-state index in [0.717, 1.165) is 10.6 Å². The van der Waals surface area contributed by atoms with Gasteiger partial charge in [0, 0.05) is 29.1 Å². The molecule has 2 N–H and O–H groups in total. The molecule has 0 radical (unpaired) electrons. The normalized spacial score (nSPS) is 19.0. The van der Waals surface area contributed by atoms with Gasteiger partial charge in [-0.1, -0.05) is 24.3 Å². The molecule has 2 heterocycles. The van der Waals surface area contributed by atoms with Gasteiger partial charge < -0.3 is 15.0 Å². The van der Waals surface area contributed by atoms with Gasteiger partial charge in [0.05, 0.1) is 10.8 Å². The van der Waals surface area contributed by atoms with Gasteiger partial charge >= 0.3 is 0 Å². The van der Waals surface area contributed by atoms with Crippen LogP contribution in [0.1, 0.15) is 17.3 Å². The number of aromatic hydroxyl groups is 1. The number of pyridine rings is 1. The maximum atomic E-state index is 13.2. The fraction of sp³-hybridized carbons (Fsp3) is 0.200. The average Bonchev–Trinajstić information content (AvgIpc) is 2.65. The van der Waals surface area contributed by atoms with E-state index in [1.165, 1.54) is 16.3 Å². The number of anilines is 1. The molecule has 0 fully saturated rings. The SMILES string of the molecule is C[C@H]1Nc2ccccc2S[C@H]1C(=O)c1c(O)c2ccccc2n(C)c1=O. The third kappa shape index (κ3) is 2.49. The average molecular weight is 366 g/mol. The maximum Gasteiger partial charge on any atom is 0.265 e. The Kier molecular flexibility index (Phi) is 4.00. The van der Waals surface area contributed by atoms with E-state index in [-0.39, 0.29) is 23.1 Å². The third-order valence-corrected chi connectivity index (χ3v) is 6.25. The monoisotopic (exact) mass is 366 g/mol. The molecule has 0 saturated carbocycles. The number of nitrogens with one attached hydrogen (secondary N) is 1. The van der Waals surface area contributed by atoms with E-state index in [2.05, 4.69) is 5.32 Å². The first-order chi connectivity index (χ1) is 12.5. The standard InChI is InChI=1S/C20H18N2O3S/c1-11-19(26-15-10-6-4-8-13(15)21-11)18(24)16-17(23)12-7-3-5-9-14(12)22(2)20(16)25/h3-11,19,21,23H,1-2H3/t11-,19-/m1/s1. The fourth-order valence-electron chi connectivity index (χ4n) is 3.37. The Morgan fingerprint density at radius 3 is 2.65 bits per heavy atom. The zero-order chi connectivity index (χ0) is 18.4. The number of carbonyl (C=O) groups excluding carboxylic acids is 1. The molecular weight excluding hydrogens is 348 g/mol. The van der Waals surface area contributed by atoms with Gasteiger partial charge in [0.25, 0.3) is 5.56 Å². The Morgan fingerprint density at radius 2 is 1.85 bits per heavy atom. The summed E-state index contributed by atoms with van der Waals surface area (Å²) in [7, 11) is 1.62. The van der Waals surface area contributed by atoms with Crippen LogP contribution in [-0.2, 0) is 7.05 Å². The molecule has 4 rings (SSSR count). The molecule has 2 aromatic carbocycles. The first-order valence-electron chi connectivity index (χ1n) is 8.36. The number of nitrogens with zero attached hydrogens (tertiary/aromatic N) is 1. The Bertz CT molecular complexity index is 1090. The van der Waals surface area contributed by atoms with Crippen LogP contribution in [0.25, 0.3) is 10.9 Å². The molecule has 5 nitrogen and oxygen atoms in total. The van der Waals surface area contributed by atoms with Crippen LogP contribution in [0.5, 0.6) is 5.75 Å². The summed E-state index contributed by atoms with van der Waals surface area (Å²) in [6.45, 7) is 1.91. The van der Waals surface area contributed by atoms with Crippen LogP contribution in [0.15, 0.2) is 58.2 Å². The number of hydrogen-bond donors (Lipinski definition) is 2. The van der Waals surface area contributed by atoms with Crippen LogP contribution >= 0.6 is 11.8 Å². The number of fused-ring (bicyclic) bond motifs is 2. The molecule has 1 aliphatic heterocycles. The van der Waals surface area contributed by atoms with E-state index in [0.29, 0.717) is 10.9 Å². The van der Waals surface area contributed by atoms with E-state index in [4.69, 9.17) is 0 Å². The van der Waals surface area contributed by atoms with Gasteiger partial charge in [-0.3, -0.25) is 9.59 Å². The Balaban J connectivity index is 1.84. The maximum absolute atomic E-state index is 13.2. The van der Waals surface area contributed by atoms with E-state index >= 15 is 0 Å². The lowest BCUT2D eigenvalue weighted by Crippen LogP contribution is -2.40. The lowest BCUT2D eigenvalue weighted by molar-refractivity contribution is 0.0980. The van der Waals surface area contributed by atoms with Crippen LogP contribution in [0.2, 0.25) is 0 Å². The highest BCUT2D eigenvalue weighted by Crippen LogP contribution is 2.39. The molecule has 0 spiro atoms. The molecule has 6 heteroatoms. The van der Waals surface area contributed by atoms with Crippen molar-refractivity contribution in [2.24, 2.45) is 7.05 Å². The number of ketones is 1. The summed E-state index contributed by atoms with van der Waals surface area (Å²) in [5.74, 6) is -0.589. The van der Waals surface area contributed by atoms with Gasteiger partial charge in [0.2, 0.25) is 0 Å². The summed E-state index contributed by atoms with van der Waals surface area (Å²) in [6.07, 6.45) is 0. The van der Waals surface area contributed by atoms with Gasteiger partial charge in [0.15, 0.2) is 5.78 Å². The lowest BCUT2D eigenvalue weighted by Gasteiger charge is -2.31. The lowest BCUT2D eigenvalue weighted by atomic mass is 10.0. The van der Waals surface area contributed by atoms with Gasteiger partial charge in [-0.25, -0.2) is 0 Å². The second kappa shape index (κ2) is 6.21. The number of para-hydroxylation sites is 2. The van der Waals surface area contributed by atoms with Crippen LogP contribution in [0.4, 0.5) is 5.69 Å². The van der Waals surface area contributed by atoms with E-state index < -0.39 is 10.8 Å². The molecule has 1 aliphatic rings. The fourth-order valence-corrected chi connectivity index (χ4v) is 4.55. The summed E-state index contributed by atoms with van der Waals surface area (Å²) in [6, 6.07) is 14.6. The number of aryl methyl sites for hydroxylation is 1. The second-order valence-electron chi connectivity index (χ2n) is 6.44.